The Morgan fingerprint density at radius 3 is 2.36 bits per heavy atom. The number of carbonyl (C=O) groups excluding carboxylic acids is 3. The summed E-state index contributed by atoms with van der Waals surface area (Å²) in [6.45, 7) is 7.32. The Bertz CT molecular complexity index is 769. The Balaban J connectivity index is 2.07. The van der Waals surface area contributed by atoms with Crippen LogP contribution in [-0.4, -0.2) is 46.9 Å². The molecule has 1 heterocycles. The number of ether oxygens (including phenoxy) is 1. The van der Waals surface area contributed by atoms with Crippen molar-refractivity contribution in [3.63, 3.8) is 0 Å². The maximum absolute atomic E-state index is 12.8. The van der Waals surface area contributed by atoms with E-state index in [0.717, 1.165) is 0 Å². The van der Waals surface area contributed by atoms with Crippen molar-refractivity contribution >= 4 is 46.7 Å². The predicted molar refractivity (Wildman–Crippen MR) is 108 cm³/mol. The number of nitrogens with one attached hydrogen (secondary N) is 1. The normalized spacial score (nSPS) is 17.9. The number of halogens is 2. The molecule has 7 nitrogen and oxygen atoms in total. The lowest BCUT2D eigenvalue weighted by Gasteiger charge is -2.29. The molecule has 2 amide bonds. The van der Waals surface area contributed by atoms with Crippen LogP contribution in [0.5, 0.6) is 0 Å². The van der Waals surface area contributed by atoms with Gasteiger partial charge < -0.3 is 20.7 Å². The van der Waals surface area contributed by atoms with Crippen LogP contribution in [0.25, 0.3) is 0 Å². The van der Waals surface area contributed by atoms with Gasteiger partial charge in [-0.2, -0.15) is 0 Å². The third-order valence-corrected chi connectivity index (χ3v) is 4.90. The molecule has 2 rings (SSSR count). The molecule has 3 N–H and O–H groups in total. The lowest BCUT2D eigenvalue weighted by molar-refractivity contribution is -0.163. The van der Waals surface area contributed by atoms with E-state index in [2.05, 4.69) is 5.32 Å². The number of nitrogen functional groups attached to an aromatic ring is 1. The summed E-state index contributed by atoms with van der Waals surface area (Å²) in [7, 11) is 0. The second-order valence-corrected chi connectivity index (χ2v) is 8.59. The molecule has 2 atom stereocenters. The van der Waals surface area contributed by atoms with E-state index >= 15 is 0 Å². The SMILES string of the molecule is CC(NC(=O)c1cc(Cl)c(N)c(Cl)c1)C(=O)N1CCCC1C(=O)OC(C)(C)C. The first-order valence-corrected chi connectivity index (χ1v) is 9.75. The van der Waals surface area contributed by atoms with Crippen molar-refractivity contribution < 1.29 is 19.1 Å². The molecule has 1 aromatic rings. The van der Waals surface area contributed by atoms with E-state index in [0.29, 0.717) is 19.4 Å². The second kappa shape index (κ2) is 8.57. The molecule has 1 aliphatic rings. The molecule has 0 spiro atoms. The highest BCUT2D eigenvalue weighted by atomic mass is 35.5. The number of likely N-dealkylation sites (tertiary alicyclic amines) is 1. The number of rotatable bonds is 4. The molecule has 0 saturated carbocycles. The van der Waals surface area contributed by atoms with Crippen molar-refractivity contribution in [1.82, 2.24) is 10.2 Å². The highest BCUT2D eigenvalue weighted by Gasteiger charge is 2.38. The number of nitrogens with zero attached hydrogens (tertiary/aromatic N) is 1. The predicted octanol–water partition coefficient (Wildman–Crippen LogP) is 3.03. The Hall–Kier alpha value is -1.99. The largest absolute Gasteiger partial charge is 0.458 e. The summed E-state index contributed by atoms with van der Waals surface area (Å²) >= 11 is 11.9. The van der Waals surface area contributed by atoms with E-state index < -0.39 is 29.6 Å². The molecule has 28 heavy (non-hydrogen) atoms. The highest BCUT2D eigenvalue weighted by molar-refractivity contribution is 6.39. The molecule has 0 aromatic heterocycles. The smallest absolute Gasteiger partial charge is 0.329 e. The molecule has 0 radical (unpaired) electrons. The van der Waals surface area contributed by atoms with E-state index in [9.17, 15) is 14.4 Å². The summed E-state index contributed by atoms with van der Waals surface area (Å²) in [5.41, 5.74) is 5.40. The summed E-state index contributed by atoms with van der Waals surface area (Å²) in [4.78, 5) is 39.1. The van der Waals surface area contributed by atoms with Gasteiger partial charge in [0.2, 0.25) is 5.91 Å². The number of nitrogens with two attached hydrogens (primary N) is 1. The average molecular weight is 430 g/mol. The van der Waals surface area contributed by atoms with Crippen molar-refractivity contribution in [3.8, 4) is 0 Å². The summed E-state index contributed by atoms with van der Waals surface area (Å²) in [6, 6.07) is 1.28. The van der Waals surface area contributed by atoms with Crippen LogP contribution < -0.4 is 11.1 Å². The zero-order chi connectivity index (χ0) is 21.2. The van der Waals surface area contributed by atoms with Gasteiger partial charge in [0.1, 0.15) is 17.7 Å². The van der Waals surface area contributed by atoms with Crippen LogP contribution in [-0.2, 0) is 14.3 Å². The summed E-state index contributed by atoms with van der Waals surface area (Å²) < 4.78 is 5.41. The summed E-state index contributed by atoms with van der Waals surface area (Å²) in [5.74, 6) is -1.30. The monoisotopic (exact) mass is 429 g/mol. The van der Waals surface area contributed by atoms with Gasteiger partial charge in [-0.15, -0.1) is 0 Å². The van der Waals surface area contributed by atoms with Gasteiger partial charge >= 0.3 is 5.97 Å². The minimum Gasteiger partial charge on any atom is -0.458 e. The summed E-state index contributed by atoms with van der Waals surface area (Å²) in [5, 5.41) is 2.92. The van der Waals surface area contributed by atoms with Gasteiger partial charge in [0.15, 0.2) is 0 Å². The van der Waals surface area contributed by atoms with Crippen molar-refractivity contribution in [2.24, 2.45) is 0 Å². The van der Waals surface area contributed by atoms with Crippen LogP contribution in [0.1, 0.15) is 50.9 Å². The van der Waals surface area contributed by atoms with Crippen LogP contribution in [0.15, 0.2) is 12.1 Å². The van der Waals surface area contributed by atoms with Gasteiger partial charge in [-0.25, -0.2) is 4.79 Å². The Morgan fingerprint density at radius 2 is 1.82 bits per heavy atom. The number of hydrogen-bond donors (Lipinski definition) is 2. The fourth-order valence-electron chi connectivity index (χ4n) is 2.95. The zero-order valence-electron chi connectivity index (χ0n) is 16.3. The number of carbonyl (C=O) groups is 3. The highest BCUT2D eigenvalue weighted by Crippen LogP contribution is 2.29. The maximum atomic E-state index is 12.8. The first kappa shape index (κ1) is 22.3. The molecule has 0 bridgehead atoms. The fourth-order valence-corrected chi connectivity index (χ4v) is 3.44. The Labute approximate surface area is 174 Å². The lowest BCUT2D eigenvalue weighted by Crippen LogP contribution is -2.51. The molecular formula is C19H25Cl2N3O4. The van der Waals surface area contributed by atoms with E-state index in [1.807, 2.05) is 0 Å². The number of anilines is 1. The first-order chi connectivity index (χ1) is 12.9. The van der Waals surface area contributed by atoms with Gasteiger partial charge in [0, 0.05) is 12.1 Å². The maximum Gasteiger partial charge on any atom is 0.329 e. The molecule has 2 unspecified atom stereocenters. The average Bonchev–Trinajstić information content (AvgIpc) is 3.06. The van der Waals surface area contributed by atoms with Gasteiger partial charge in [-0.05, 0) is 52.7 Å². The Morgan fingerprint density at radius 1 is 1.25 bits per heavy atom. The molecule has 1 aliphatic heterocycles. The van der Waals surface area contributed by atoms with Crippen LogP contribution >= 0.6 is 23.2 Å². The van der Waals surface area contributed by atoms with Crippen molar-refractivity contribution in [3.05, 3.63) is 27.7 Å². The molecule has 1 aromatic carbocycles. The van der Waals surface area contributed by atoms with Gasteiger partial charge in [-0.3, -0.25) is 9.59 Å². The number of benzene rings is 1. The van der Waals surface area contributed by atoms with Gasteiger partial charge in [0.25, 0.3) is 5.91 Å². The van der Waals surface area contributed by atoms with Crippen molar-refractivity contribution in [2.75, 3.05) is 12.3 Å². The fraction of sp³-hybridized carbons (Fsp3) is 0.526. The lowest BCUT2D eigenvalue weighted by atomic mass is 10.1. The third kappa shape index (κ3) is 5.29. The van der Waals surface area contributed by atoms with E-state index in [4.69, 9.17) is 33.7 Å². The Kier molecular flexibility index (Phi) is 6.83. The third-order valence-electron chi connectivity index (χ3n) is 4.27. The van der Waals surface area contributed by atoms with E-state index in [1.54, 1.807) is 27.7 Å². The van der Waals surface area contributed by atoms with Crippen LogP contribution in [0, 0.1) is 0 Å². The second-order valence-electron chi connectivity index (χ2n) is 7.77. The van der Waals surface area contributed by atoms with Crippen LogP contribution in [0.4, 0.5) is 5.69 Å². The minimum atomic E-state index is -0.842. The topological polar surface area (TPSA) is 102 Å². The van der Waals surface area contributed by atoms with Gasteiger partial charge in [0.05, 0.1) is 15.7 Å². The molecule has 0 aliphatic carbocycles. The zero-order valence-corrected chi connectivity index (χ0v) is 17.9. The van der Waals surface area contributed by atoms with Gasteiger partial charge in [-0.1, -0.05) is 23.2 Å². The standard InChI is InChI=1S/C19H25Cl2N3O4/c1-10(23-16(25)11-8-12(20)15(22)13(21)9-11)17(26)24-7-5-6-14(24)18(27)28-19(2,3)4/h8-10,14H,5-7,22H2,1-4H3,(H,23,25). The quantitative estimate of drug-likeness (QED) is 0.565. The molecular weight excluding hydrogens is 405 g/mol. The van der Waals surface area contributed by atoms with Crippen LogP contribution in [0.3, 0.4) is 0 Å². The first-order valence-electron chi connectivity index (χ1n) is 8.99. The number of amides is 2. The minimum absolute atomic E-state index is 0.154. The van der Waals surface area contributed by atoms with Crippen molar-refractivity contribution in [1.29, 1.82) is 0 Å². The van der Waals surface area contributed by atoms with E-state index in [1.165, 1.54) is 17.0 Å². The van der Waals surface area contributed by atoms with Crippen molar-refractivity contribution in [2.45, 2.75) is 58.2 Å². The summed E-state index contributed by atoms with van der Waals surface area (Å²) in [6.07, 6.45) is 1.23. The molecule has 9 heteroatoms. The number of esters is 1. The molecule has 154 valence electrons. The van der Waals surface area contributed by atoms with Crippen LogP contribution in [0.2, 0.25) is 10.0 Å². The molecule has 1 saturated heterocycles. The number of hydrogen-bond acceptors (Lipinski definition) is 5. The molecule has 1 fully saturated rings. The van der Waals surface area contributed by atoms with E-state index in [-0.39, 0.29) is 27.2 Å².